The third-order valence-corrected chi connectivity index (χ3v) is 5.98. The van der Waals surface area contributed by atoms with E-state index in [1.807, 2.05) is 0 Å². The molecule has 1 aromatic rings. The summed E-state index contributed by atoms with van der Waals surface area (Å²) in [5.74, 6) is -0.885. The molecule has 154 valence electrons. The minimum Gasteiger partial charge on any atom is -0.353 e. The molecule has 3 atom stereocenters. The van der Waals surface area contributed by atoms with Crippen molar-refractivity contribution in [3.63, 3.8) is 0 Å². The van der Waals surface area contributed by atoms with Crippen LogP contribution in [0.2, 0.25) is 0 Å². The summed E-state index contributed by atoms with van der Waals surface area (Å²) in [7, 11) is 0. The second-order valence-corrected chi connectivity index (χ2v) is 9.33. The largest absolute Gasteiger partial charge is 0.353 e. The van der Waals surface area contributed by atoms with E-state index in [4.69, 9.17) is 0 Å². The second-order valence-electron chi connectivity index (χ2n) is 9.33. The minimum atomic E-state index is -0.665. The average Bonchev–Trinajstić information content (AvgIpc) is 2.88. The predicted octanol–water partition coefficient (Wildman–Crippen LogP) is 4.18. The summed E-state index contributed by atoms with van der Waals surface area (Å²) < 4.78 is 27.1. The van der Waals surface area contributed by atoms with Gasteiger partial charge in [-0.1, -0.05) is 26.8 Å². The van der Waals surface area contributed by atoms with Crippen LogP contribution in [0.25, 0.3) is 0 Å². The van der Waals surface area contributed by atoms with Crippen molar-refractivity contribution in [1.82, 2.24) is 10.2 Å². The lowest BCUT2D eigenvalue weighted by Gasteiger charge is -2.39. The summed E-state index contributed by atoms with van der Waals surface area (Å²) >= 11 is 0. The molecule has 2 fully saturated rings. The number of nitrogens with one attached hydrogen (secondary N) is 1. The normalized spacial score (nSPS) is 27.1. The molecule has 3 unspecified atom stereocenters. The van der Waals surface area contributed by atoms with Gasteiger partial charge >= 0.3 is 0 Å². The number of hydrogen-bond acceptors (Lipinski definition) is 2. The van der Waals surface area contributed by atoms with Crippen LogP contribution in [0.15, 0.2) is 18.2 Å². The molecule has 1 aliphatic heterocycles. The first-order valence-electron chi connectivity index (χ1n) is 10.2. The second kappa shape index (κ2) is 8.18. The maximum Gasteiger partial charge on any atom is 0.223 e. The summed E-state index contributed by atoms with van der Waals surface area (Å²) in [5.41, 5.74) is 0.482. The van der Waals surface area contributed by atoms with E-state index in [0.717, 1.165) is 25.3 Å². The van der Waals surface area contributed by atoms with E-state index in [9.17, 15) is 18.4 Å². The first kappa shape index (κ1) is 20.7. The monoisotopic (exact) mass is 392 g/mol. The minimum absolute atomic E-state index is 0.0563. The van der Waals surface area contributed by atoms with Crippen molar-refractivity contribution in [1.29, 1.82) is 0 Å². The zero-order valence-electron chi connectivity index (χ0n) is 16.9. The van der Waals surface area contributed by atoms with Crippen LogP contribution in [0.5, 0.6) is 0 Å². The Balaban J connectivity index is 1.60. The van der Waals surface area contributed by atoms with Gasteiger partial charge in [0, 0.05) is 43.1 Å². The van der Waals surface area contributed by atoms with E-state index in [0.29, 0.717) is 18.8 Å². The Kier molecular flexibility index (Phi) is 6.06. The van der Waals surface area contributed by atoms with Gasteiger partial charge in [0.25, 0.3) is 0 Å². The van der Waals surface area contributed by atoms with Gasteiger partial charge in [0.15, 0.2) is 0 Å². The van der Waals surface area contributed by atoms with E-state index in [1.54, 1.807) is 4.90 Å². The van der Waals surface area contributed by atoms with Gasteiger partial charge in [0.2, 0.25) is 11.8 Å². The zero-order valence-corrected chi connectivity index (χ0v) is 16.9. The topological polar surface area (TPSA) is 49.4 Å². The number of likely N-dealkylation sites (tertiary alicyclic amines) is 1. The Morgan fingerprint density at radius 1 is 1.29 bits per heavy atom. The molecule has 0 radical (unpaired) electrons. The SMILES string of the molecule is CC1CC(NC(=O)CC2CCC(=O)N2Cc2ccc(F)cc2F)CC(C)(C)C1. The fraction of sp³-hybridized carbons (Fsp3) is 0.636. The molecule has 1 N–H and O–H groups in total. The number of amides is 2. The molecule has 0 aromatic heterocycles. The molecule has 1 aromatic carbocycles. The highest BCUT2D eigenvalue weighted by Crippen LogP contribution is 2.38. The van der Waals surface area contributed by atoms with Gasteiger partial charge in [-0.15, -0.1) is 0 Å². The van der Waals surface area contributed by atoms with Gasteiger partial charge < -0.3 is 10.2 Å². The fourth-order valence-corrected chi connectivity index (χ4v) is 5.01. The van der Waals surface area contributed by atoms with Crippen LogP contribution in [-0.2, 0) is 16.1 Å². The van der Waals surface area contributed by atoms with Crippen molar-refractivity contribution in [2.24, 2.45) is 11.3 Å². The highest BCUT2D eigenvalue weighted by Gasteiger charge is 2.35. The van der Waals surface area contributed by atoms with Gasteiger partial charge in [-0.3, -0.25) is 9.59 Å². The van der Waals surface area contributed by atoms with Gasteiger partial charge in [-0.2, -0.15) is 0 Å². The van der Waals surface area contributed by atoms with Crippen LogP contribution in [0.4, 0.5) is 8.78 Å². The molecule has 28 heavy (non-hydrogen) atoms. The number of rotatable bonds is 5. The van der Waals surface area contributed by atoms with Crippen LogP contribution in [0.1, 0.15) is 64.9 Å². The van der Waals surface area contributed by atoms with Crippen molar-refractivity contribution in [2.75, 3.05) is 0 Å². The number of carbonyl (C=O) groups is 2. The predicted molar refractivity (Wildman–Crippen MR) is 103 cm³/mol. The van der Waals surface area contributed by atoms with Crippen LogP contribution < -0.4 is 5.32 Å². The smallest absolute Gasteiger partial charge is 0.223 e. The maximum atomic E-state index is 14.0. The highest BCUT2D eigenvalue weighted by atomic mass is 19.1. The molecule has 0 bridgehead atoms. The van der Waals surface area contributed by atoms with E-state index in [-0.39, 0.29) is 47.8 Å². The molecule has 1 saturated carbocycles. The molecule has 1 aliphatic carbocycles. The summed E-state index contributed by atoms with van der Waals surface area (Å²) in [6.45, 7) is 6.75. The maximum absolute atomic E-state index is 14.0. The molecule has 1 heterocycles. The van der Waals surface area contributed by atoms with Crippen molar-refractivity contribution < 1.29 is 18.4 Å². The molecule has 1 saturated heterocycles. The molecular formula is C22H30F2N2O2. The van der Waals surface area contributed by atoms with Crippen LogP contribution in [0.3, 0.4) is 0 Å². The van der Waals surface area contributed by atoms with Crippen LogP contribution in [-0.4, -0.2) is 28.8 Å². The first-order chi connectivity index (χ1) is 13.1. The zero-order chi connectivity index (χ0) is 20.5. The van der Waals surface area contributed by atoms with Gasteiger partial charge in [-0.05, 0) is 43.1 Å². The molecular weight excluding hydrogens is 362 g/mol. The first-order valence-corrected chi connectivity index (χ1v) is 10.2. The molecule has 2 aliphatic rings. The number of hydrogen-bond donors (Lipinski definition) is 1. The van der Waals surface area contributed by atoms with Crippen molar-refractivity contribution in [3.05, 3.63) is 35.4 Å². The molecule has 0 spiro atoms. The summed E-state index contributed by atoms with van der Waals surface area (Å²) in [4.78, 5) is 26.5. The number of benzene rings is 1. The van der Waals surface area contributed by atoms with E-state index in [2.05, 4.69) is 26.1 Å². The fourth-order valence-electron chi connectivity index (χ4n) is 5.01. The Morgan fingerprint density at radius 2 is 2.04 bits per heavy atom. The van der Waals surface area contributed by atoms with Crippen molar-refractivity contribution in [3.8, 4) is 0 Å². The lowest BCUT2D eigenvalue weighted by Crippen LogP contribution is -2.45. The number of carbonyl (C=O) groups excluding carboxylic acids is 2. The average molecular weight is 392 g/mol. The van der Waals surface area contributed by atoms with Crippen molar-refractivity contribution in [2.45, 2.75) is 77.9 Å². The van der Waals surface area contributed by atoms with E-state index in [1.165, 1.54) is 12.1 Å². The summed E-state index contributed by atoms with van der Waals surface area (Å²) in [6.07, 6.45) is 4.25. The Labute approximate surface area is 165 Å². The lowest BCUT2D eigenvalue weighted by molar-refractivity contribution is -0.130. The van der Waals surface area contributed by atoms with E-state index < -0.39 is 11.6 Å². The van der Waals surface area contributed by atoms with Gasteiger partial charge in [0.05, 0.1) is 0 Å². The Hall–Kier alpha value is -1.98. The Morgan fingerprint density at radius 3 is 2.71 bits per heavy atom. The van der Waals surface area contributed by atoms with Crippen LogP contribution >= 0.6 is 0 Å². The quantitative estimate of drug-likeness (QED) is 0.817. The standard InChI is InChI=1S/C22H30F2N2O2/c1-14-8-17(12-22(2,3)11-14)25-20(27)10-18-6-7-21(28)26(18)13-15-4-5-16(23)9-19(15)24/h4-5,9,14,17-18H,6-8,10-13H2,1-3H3,(H,25,27). The number of halogens is 2. The summed E-state index contributed by atoms with van der Waals surface area (Å²) in [6, 6.07) is 3.28. The number of nitrogens with zero attached hydrogens (tertiary/aromatic N) is 1. The third kappa shape index (κ3) is 5.09. The Bertz CT molecular complexity index is 750. The van der Waals surface area contributed by atoms with E-state index >= 15 is 0 Å². The molecule has 6 heteroatoms. The van der Waals surface area contributed by atoms with Crippen LogP contribution in [0, 0.1) is 23.0 Å². The molecule has 3 rings (SSSR count). The van der Waals surface area contributed by atoms with Gasteiger partial charge in [-0.25, -0.2) is 8.78 Å². The molecule has 2 amide bonds. The molecule has 4 nitrogen and oxygen atoms in total. The van der Waals surface area contributed by atoms with Gasteiger partial charge in [0.1, 0.15) is 11.6 Å². The summed E-state index contributed by atoms with van der Waals surface area (Å²) in [5, 5.41) is 3.15. The third-order valence-electron chi connectivity index (χ3n) is 5.98. The highest BCUT2D eigenvalue weighted by molar-refractivity contribution is 5.82. The lowest BCUT2D eigenvalue weighted by atomic mass is 9.70. The van der Waals surface area contributed by atoms with Crippen molar-refractivity contribution >= 4 is 11.8 Å².